The van der Waals surface area contributed by atoms with Crippen molar-refractivity contribution in [1.29, 1.82) is 0 Å². The average Bonchev–Trinajstić information content (AvgIpc) is 2.83. The highest BCUT2D eigenvalue weighted by Gasteiger charge is 2.24. The number of benzene rings is 3. The molecule has 1 aliphatic rings. The van der Waals surface area contributed by atoms with Crippen LogP contribution in [0.2, 0.25) is 0 Å². The molecule has 0 N–H and O–H groups in total. The van der Waals surface area contributed by atoms with Gasteiger partial charge in [0.2, 0.25) is 0 Å². The van der Waals surface area contributed by atoms with Gasteiger partial charge in [0, 0.05) is 12.1 Å². The van der Waals surface area contributed by atoms with Crippen molar-refractivity contribution in [1.82, 2.24) is 0 Å². The third-order valence-corrected chi connectivity index (χ3v) is 6.69. The molecule has 0 saturated heterocycles. The number of hydrogen-bond donors (Lipinski definition) is 0. The van der Waals surface area contributed by atoms with Crippen molar-refractivity contribution in [3.05, 3.63) is 101 Å². The second kappa shape index (κ2) is 10.2. The SMILES string of the molecule is C[C@@H](CC1CCC(c2ccc(C(=O)Oc3cc(F)c(F)c(F)c3)cc2)CC1)c1ccccc1. The van der Waals surface area contributed by atoms with E-state index < -0.39 is 23.4 Å². The summed E-state index contributed by atoms with van der Waals surface area (Å²) >= 11 is 0. The normalized spacial score (nSPS) is 19.2. The highest BCUT2D eigenvalue weighted by atomic mass is 19.2. The molecule has 0 amide bonds. The summed E-state index contributed by atoms with van der Waals surface area (Å²) in [4.78, 5) is 12.3. The maximum absolute atomic E-state index is 13.3. The molecule has 172 valence electrons. The van der Waals surface area contributed by atoms with E-state index in [9.17, 15) is 18.0 Å². The van der Waals surface area contributed by atoms with Crippen LogP contribution in [0.1, 0.15) is 72.3 Å². The Labute approximate surface area is 192 Å². The Morgan fingerprint density at radius 2 is 1.52 bits per heavy atom. The standard InChI is InChI=1S/C28H27F3O2/c1-18(20-5-3-2-4-6-20)15-19-7-9-21(10-8-19)22-11-13-23(14-12-22)28(32)33-24-16-25(29)27(31)26(30)17-24/h2-6,11-14,16-19,21H,7-10,15H2,1H3/t18-,19?,21?/m0/s1. The lowest BCUT2D eigenvalue weighted by Gasteiger charge is -2.30. The van der Waals surface area contributed by atoms with Gasteiger partial charge in [-0.25, -0.2) is 18.0 Å². The summed E-state index contributed by atoms with van der Waals surface area (Å²) in [6, 6.07) is 19.1. The van der Waals surface area contributed by atoms with Gasteiger partial charge < -0.3 is 4.74 Å². The molecular weight excluding hydrogens is 425 g/mol. The van der Waals surface area contributed by atoms with E-state index in [-0.39, 0.29) is 11.3 Å². The monoisotopic (exact) mass is 452 g/mol. The van der Waals surface area contributed by atoms with Crippen LogP contribution in [0, 0.1) is 23.4 Å². The average molecular weight is 453 g/mol. The van der Waals surface area contributed by atoms with Gasteiger partial charge in [0.15, 0.2) is 17.5 Å². The number of ether oxygens (including phenoxy) is 1. The molecule has 5 heteroatoms. The lowest BCUT2D eigenvalue weighted by molar-refractivity contribution is 0.0733. The minimum absolute atomic E-state index is 0.272. The van der Waals surface area contributed by atoms with Crippen LogP contribution in [-0.4, -0.2) is 5.97 Å². The lowest BCUT2D eigenvalue weighted by Crippen LogP contribution is -2.15. The van der Waals surface area contributed by atoms with Crippen molar-refractivity contribution in [2.24, 2.45) is 5.92 Å². The maximum atomic E-state index is 13.3. The van der Waals surface area contributed by atoms with Gasteiger partial charge in [-0.05, 0) is 73.1 Å². The van der Waals surface area contributed by atoms with Gasteiger partial charge in [-0.3, -0.25) is 0 Å². The smallest absolute Gasteiger partial charge is 0.343 e. The Morgan fingerprint density at radius 1 is 0.909 bits per heavy atom. The van der Waals surface area contributed by atoms with Crippen LogP contribution in [0.4, 0.5) is 13.2 Å². The van der Waals surface area contributed by atoms with Crippen molar-refractivity contribution >= 4 is 5.97 Å². The van der Waals surface area contributed by atoms with Crippen LogP contribution in [0.5, 0.6) is 5.75 Å². The van der Waals surface area contributed by atoms with Crippen molar-refractivity contribution in [2.75, 3.05) is 0 Å². The molecule has 3 aromatic rings. The Balaban J connectivity index is 1.31. The van der Waals surface area contributed by atoms with E-state index in [4.69, 9.17) is 4.74 Å². The third-order valence-electron chi connectivity index (χ3n) is 6.69. The predicted molar refractivity (Wildman–Crippen MR) is 122 cm³/mol. The van der Waals surface area contributed by atoms with Crippen LogP contribution >= 0.6 is 0 Å². The first-order valence-electron chi connectivity index (χ1n) is 11.4. The molecule has 4 rings (SSSR count). The van der Waals surface area contributed by atoms with Crippen LogP contribution in [-0.2, 0) is 0 Å². The van der Waals surface area contributed by atoms with E-state index in [1.54, 1.807) is 12.1 Å². The summed E-state index contributed by atoms with van der Waals surface area (Å²) in [5.41, 5.74) is 2.85. The molecule has 0 aliphatic heterocycles. The van der Waals surface area contributed by atoms with E-state index in [1.807, 2.05) is 12.1 Å². The molecular formula is C28H27F3O2. The van der Waals surface area contributed by atoms with E-state index >= 15 is 0 Å². The van der Waals surface area contributed by atoms with Gasteiger partial charge >= 0.3 is 5.97 Å². The molecule has 1 aliphatic carbocycles. The predicted octanol–water partition coefficient (Wildman–Crippen LogP) is 7.79. The Morgan fingerprint density at radius 3 is 2.12 bits per heavy atom. The van der Waals surface area contributed by atoms with E-state index in [1.165, 1.54) is 30.4 Å². The molecule has 0 unspecified atom stereocenters. The Bertz CT molecular complexity index is 1060. The molecule has 0 bridgehead atoms. The first-order chi connectivity index (χ1) is 15.9. The van der Waals surface area contributed by atoms with Gasteiger partial charge in [-0.15, -0.1) is 0 Å². The minimum Gasteiger partial charge on any atom is -0.423 e. The van der Waals surface area contributed by atoms with Gasteiger partial charge in [0.05, 0.1) is 5.56 Å². The molecule has 1 saturated carbocycles. The van der Waals surface area contributed by atoms with Gasteiger partial charge in [-0.1, -0.05) is 49.4 Å². The fraction of sp³-hybridized carbons (Fsp3) is 0.321. The van der Waals surface area contributed by atoms with Crippen molar-refractivity contribution in [3.8, 4) is 5.75 Å². The zero-order valence-electron chi connectivity index (χ0n) is 18.6. The molecule has 0 spiro atoms. The van der Waals surface area contributed by atoms with Crippen LogP contribution in [0.3, 0.4) is 0 Å². The van der Waals surface area contributed by atoms with Gasteiger partial charge in [0.25, 0.3) is 0 Å². The largest absolute Gasteiger partial charge is 0.423 e. The number of halogens is 3. The summed E-state index contributed by atoms with van der Waals surface area (Å²) in [6.07, 6.45) is 5.81. The van der Waals surface area contributed by atoms with Crippen LogP contribution in [0.25, 0.3) is 0 Å². The molecule has 0 heterocycles. The first-order valence-corrected chi connectivity index (χ1v) is 11.4. The molecule has 3 aromatic carbocycles. The molecule has 33 heavy (non-hydrogen) atoms. The minimum atomic E-state index is -1.59. The number of rotatable bonds is 6. The molecule has 2 nitrogen and oxygen atoms in total. The molecule has 0 aromatic heterocycles. The van der Waals surface area contributed by atoms with E-state index in [2.05, 4.69) is 37.3 Å². The highest BCUT2D eigenvalue weighted by molar-refractivity contribution is 5.91. The maximum Gasteiger partial charge on any atom is 0.343 e. The first kappa shape index (κ1) is 23.1. The second-order valence-corrected chi connectivity index (χ2v) is 8.98. The summed E-state index contributed by atoms with van der Waals surface area (Å²) in [7, 11) is 0. The summed E-state index contributed by atoms with van der Waals surface area (Å²) in [6.45, 7) is 2.30. The topological polar surface area (TPSA) is 26.3 Å². The highest BCUT2D eigenvalue weighted by Crippen LogP contribution is 2.39. The van der Waals surface area contributed by atoms with Crippen LogP contribution < -0.4 is 4.74 Å². The number of hydrogen-bond acceptors (Lipinski definition) is 2. The van der Waals surface area contributed by atoms with E-state index in [0.29, 0.717) is 24.0 Å². The Kier molecular flexibility index (Phi) is 7.17. The molecule has 0 radical (unpaired) electrons. The van der Waals surface area contributed by atoms with Crippen molar-refractivity contribution in [3.63, 3.8) is 0 Å². The van der Waals surface area contributed by atoms with E-state index in [0.717, 1.165) is 18.8 Å². The number of carbonyl (C=O) groups excluding carboxylic acids is 1. The number of carbonyl (C=O) groups is 1. The lowest BCUT2D eigenvalue weighted by atomic mass is 9.75. The van der Waals surface area contributed by atoms with Gasteiger partial charge in [0.1, 0.15) is 5.75 Å². The quantitative estimate of drug-likeness (QED) is 0.217. The second-order valence-electron chi connectivity index (χ2n) is 8.98. The third kappa shape index (κ3) is 5.65. The summed E-state index contributed by atoms with van der Waals surface area (Å²) < 4.78 is 44.7. The summed E-state index contributed by atoms with van der Waals surface area (Å²) in [5.74, 6) is -3.77. The molecule has 1 atom stereocenters. The van der Waals surface area contributed by atoms with Crippen molar-refractivity contribution in [2.45, 2.75) is 50.9 Å². The fourth-order valence-electron chi connectivity index (χ4n) is 4.80. The number of esters is 1. The molecule has 1 fully saturated rings. The zero-order valence-corrected chi connectivity index (χ0v) is 18.6. The van der Waals surface area contributed by atoms with Crippen molar-refractivity contribution < 1.29 is 22.7 Å². The van der Waals surface area contributed by atoms with Crippen LogP contribution in [0.15, 0.2) is 66.7 Å². The Hall–Kier alpha value is -3.08. The fourth-order valence-corrected chi connectivity index (χ4v) is 4.80. The summed E-state index contributed by atoms with van der Waals surface area (Å²) in [5, 5.41) is 0. The zero-order chi connectivity index (χ0) is 23.4. The van der Waals surface area contributed by atoms with Gasteiger partial charge in [-0.2, -0.15) is 0 Å².